The summed E-state index contributed by atoms with van der Waals surface area (Å²) in [4.78, 5) is 56.7. The molecule has 0 radical (unpaired) electrons. The summed E-state index contributed by atoms with van der Waals surface area (Å²) in [6, 6.07) is 8.50. The molecule has 5 N–H and O–H groups in total. The number of pyridine rings is 1. The standard InChI is InChI=1S/C14H13N.C7H14N.C6H5FN2O4.C4H6O4.C3H8.2CH3.Pt/c1-3-4-6-12-8-9-13-7-5-10-15-14(13)11(12)2;1-6-4-2-3-5-7(6)8;7-3-1-9(2-4(10)11)6(13)8-5(3)12;5-3(6)1-2-4(7)8;1-3-2;;;/h3-10H,1H2,2H3;6-8H,2-5H2,1H3;1H,2H2,(H,10,11)(H,8,12,13);1-2H2,(H,5,6)(H,7,8);3H2,1-2H3;2*1H3;/q;-1;;;;2*-1;/b6-4-;;;;;;;/t;6-,7-;;;;;;/m.0....../s1. The van der Waals surface area contributed by atoms with Gasteiger partial charge in [-0.15, -0.1) is 6.04 Å². The number of hydrogen-bond acceptors (Lipinski definition) is 6. The molecule has 0 saturated heterocycles. The average Bonchev–Trinajstić information content (AvgIpc) is 3.01. The fourth-order valence-corrected chi connectivity index (χ4v) is 3.94. The molecule has 0 bridgehead atoms. The number of nitrogens with one attached hydrogen (secondary N) is 2. The van der Waals surface area contributed by atoms with Crippen LogP contribution in [0.15, 0.2) is 65.0 Å². The third-order valence-corrected chi connectivity index (χ3v) is 6.42. The summed E-state index contributed by atoms with van der Waals surface area (Å²) in [7, 11) is 0. The fraction of sp³-hybridized carbons (Fsp3) is 0.389. The number of nitrogens with zero attached hydrogens (tertiary/aromatic N) is 2. The number of rotatable bonds is 7. The van der Waals surface area contributed by atoms with Crippen molar-refractivity contribution in [3.05, 3.63) is 114 Å². The summed E-state index contributed by atoms with van der Waals surface area (Å²) >= 11 is 0. The van der Waals surface area contributed by atoms with Crippen LogP contribution in [-0.2, 0) is 42.0 Å². The zero-order valence-electron chi connectivity index (χ0n) is 29.7. The van der Waals surface area contributed by atoms with Crippen molar-refractivity contribution in [1.29, 1.82) is 0 Å². The molecule has 3 aromatic rings. The number of fused-ring (bicyclic) bond motifs is 1. The van der Waals surface area contributed by atoms with E-state index in [1.807, 2.05) is 18.3 Å². The van der Waals surface area contributed by atoms with Crippen LogP contribution < -0.4 is 11.2 Å². The maximum absolute atomic E-state index is 12.5. The number of H-pyrrole nitrogens is 1. The minimum absolute atomic E-state index is 0. The second kappa shape index (κ2) is 29.7. The Balaban J connectivity index is -0.000000278. The van der Waals surface area contributed by atoms with Crippen molar-refractivity contribution >= 4 is 34.9 Å². The summed E-state index contributed by atoms with van der Waals surface area (Å²) in [5.74, 6) is -3.97. The Morgan fingerprint density at radius 1 is 1.04 bits per heavy atom. The first-order chi connectivity index (χ1) is 22.2. The van der Waals surface area contributed by atoms with Gasteiger partial charge < -0.3 is 35.9 Å². The van der Waals surface area contributed by atoms with Gasteiger partial charge in [0.05, 0.1) is 24.6 Å². The van der Waals surface area contributed by atoms with Gasteiger partial charge in [0.25, 0.3) is 5.56 Å². The van der Waals surface area contributed by atoms with E-state index >= 15 is 0 Å². The molecule has 14 heteroatoms. The quantitative estimate of drug-likeness (QED) is 0.138. The molecule has 50 heavy (non-hydrogen) atoms. The van der Waals surface area contributed by atoms with Gasteiger partial charge in [-0.25, -0.2) is 4.79 Å². The zero-order valence-corrected chi connectivity index (χ0v) is 32.0. The van der Waals surface area contributed by atoms with Gasteiger partial charge in [0.15, 0.2) is 0 Å². The molecule has 1 aliphatic rings. The number of allylic oxidation sites excluding steroid dienone is 2. The van der Waals surface area contributed by atoms with E-state index in [0.717, 1.165) is 11.9 Å². The monoisotopic (exact) mass is 882 g/mol. The molecule has 1 aliphatic carbocycles. The summed E-state index contributed by atoms with van der Waals surface area (Å²) < 4.78 is 13.1. The molecule has 0 amide bonds. The number of aliphatic carboxylic acids is 3. The van der Waals surface area contributed by atoms with E-state index in [1.165, 1.54) is 42.2 Å². The normalized spacial score (nSPS) is 14.0. The first kappa shape index (κ1) is 52.6. The zero-order chi connectivity index (χ0) is 35.9. The first-order valence-electron chi connectivity index (χ1n) is 15.2. The molecule has 1 fully saturated rings. The molecule has 2 aromatic heterocycles. The minimum Gasteiger partial charge on any atom is -0.674 e. The SMILES string of the molecule is C=C/C=C\c1ccc2cccnc2c1C.CCC.C[C@H]1CCCC[C@@H]1[NH-].O=C(O)CCC(=O)O.O=C(O)Cn1cc(F)c(=O)[nH]c1=O.[CH3-].[CH3-].[Pt]. The van der Waals surface area contributed by atoms with Crippen molar-refractivity contribution in [3.8, 4) is 0 Å². The number of hydrogen-bond donors (Lipinski definition) is 4. The van der Waals surface area contributed by atoms with Crippen molar-refractivity contribution in [2.24, 2.45) is 5.92 Å². The molecule has 0 aliphatic heterocycles. The molecular weight excluding hydrogens is 830 g/mol. The largest absolute Gasteiger partial charge is 0.674 e. The topological polar surface area (TPSA) is 203 Å². The van der Waals surface area contributed by atoms with Crippen molar-refractivity contribution in [1.82, 2.24) is 14.5 Å². The van der Waals surface area contributed by atoms with Gasteiger partial charge in [-0.1, -0.05) is 102 Å². The van der Waals surface area contributed by atoms with Crippen molar-refractivity contribution in [3.63, 3.8) is 0 Å². The number of aromatic amines is 1. The van der Waals surface area contributed by atoms with Crippen LogP contribution in [-0.4, -0.2) is 53.8 Å². The van der Waals surface area contributed by atoms with Crippen LogP contribution in [0.2, 0.25) is 0 Å². The Kier molecular flexibility index (Phi) is 31.2. The number of aromatic nitrogens is 3. The number of halogens is 1. The molecule has 1 saturated carbocycles. The fourth-order valence-electron chi connectivity index (χ4n) is 3.94. The molecule has 0 spiro atoms. The summed E-state index contributed by atoms with van der Waals surface area (Å²) in [5.41, 5.74) is 8.85. The van der Waals surface area contributed by atoms with Crippen molar-refractivity contribution in [2.75, 3.05) is 0 Å². The minimum atomic E-state index is -1.30. The number of carbonyl (C=O) groups is 3. The van der Waals surface area contributed by atoms with Crippen LogP contribution >= 0.6 is 0 Å². The molecule has 284 valence electrons. The van der Waals surface area contributed by atoms with Crippen molar-refractivity contribution < 1.29 is 55.2 Å². The molecular formula is C36H52FN4O8Pt-3. The number of benzene rings is 1. The van der Waals surface area contributed by atoms with E-state index in [2.05, 4.69) is 63.5 Å². The molecule has 0 unspecified atom stereocenters. The Morgan fingerprint density at radius 3 is 2.06 bits per heavy atom. The van der Waals surface area contributed by atoms with E-state index in [9.17, 15) is 28.4 Å². The van der Waals surface area contributed by atoms with Crippen LogP contribution in [0.1, 0.15) is 76.8 Å². The van der Waals surface area contributed by atoms with Crippen LogP contribution in [0.4, 0.5) is 4.39 Å². The summed E-state index contributed by atoms with van der Waals surface area (Å²) in [6.45, 7) is 11.5. The van der Waals surface area contributed by atoms with Crippen LogP contribution in [0.3, 0.4) is 0 Å². The van der Waals surface area contributed by atoms with Gasteiger partial charge in [0, 0.05) is 32.6 Å². The second-order valence-electron chi connectivity index (χ2n) is 10.6. The van der Waals surface area contributed by atoms with E-state index in [4.69, 9.17) is 21.1 Å². The number of aryl methyl sites for hydroxylation is 1. The van der Waals surface area contributed by atoms with Crippen LogP contribution in [0.25, 0.3) is 22.7 Å². The second-order valence-corrected chi connectivity index (χ2v) is 10.6. The molecule has 4 rings (SSSR count). The van der Waals surface area contributed by atoms with Gasteiger partial charge in [0.2, 0.25) is 5.82 Å². The Morgan fingerprint density at radius 2 is 1.60 bits per heavy atom. The Labute approximate surface area is 308 Å². The average molecular weight is 883 g/mol. The molecule has 2 heterocycles. The van der Waals surface area contributed by atoms with E-state index < -0.39 is 41.5 Å². The molecule has 12 nitrogen and oxygen atoms in total. The third kappa shape index (κ3) is 22.4. The summed E-state index contributed by atoms with van der Waals surface area (Å²) in [6.07, 6.45) is 13.9. The number of carboxylic acid groups (broad SMARTS) is 3. The Hall–Kier alpha value is -4.22. The van der Waals surface area contributed by atoms with E-state index in [0.29, 0.717) is 16.7 Å². The van der Waals surface area contributed by atoms with Crippen LogP contribution in [0, 0.1) is 33.5 Å². The third-order valence-electron chi connectivity index (χ3n) is 6.42. The van der Waals surface area contributed by atoms with Gasteiger partial charge in [-0.2, -0.15) is 4.39 Å². The predicted molar refractivity (Wildman–Crippen MR) is 194 cm³/mol. The summed E-state index contributed by atoms with van der Waals surface area (Å²) in [5, 5.41) is 25.3. The first-order valence-corrected chi connectivity index (χ1v) is 15.2. The maximum atomic E-state index is 12.5. The predicted octanol–water partition coefficient (Wildman–Crippen LogP) is 7.37. The van der Waals surface area contributed by atoms with E-state index in [1.54, 1.807) is 11.1 Å². The molecule has 1 aromatic carbocycles. The maximum Gasteiger partial charge on any atom is 0.329 e. The number of carboxylic acids is 3. The Bertz CT molecular complexity index is 1570. The smallest absolute Gasteiger partial charge is 0.329 e. The van der Waals surface area contributed by atoms with Gasteiger partial charge in [-0.3, -0.25) is 33.7 Å². The van der Waals surface area contributed by atoms with Gasteiger partial charge in [0.1, 0.15) is 6.54 Å². The van der Waals surface area contributed by atoms with Gasteiger partial charge in [-0.05, 0) is 24.1 Å². The van der Waals surface area contributed by atoms with Gasteiger partial charge >= 0.3 is 23.6 Å². The van der Waals surface area contributed by atoms with E-state index in [-0.39, 0.29) is 54.8 Å². The van der Waals surface area contributed by atoms with Crippen molar-refractivity contribution in [2.45, 2.75) is 85.2 Å². The molecule has 2 atom stereocenters. The van der Waals surface area contributed by atoms with Crippen LogP contribution in [0.5, 0.6) is 0 Å².